The van der Waals surface area contributed by atoms with Crippen molar-refractivity contribution >= 4 is 5.69 Å². The molecule has 1 radical (unpaired) electrons. The molecule has 0 fully saturated rings. The van der Waals surface area contributed by atoms with Crippen LogP contribution in [0.5, 0.6) is 0 Å². The first-order valence-corrected chi connectivity index (χ1v) is 11.6. The van der Waals surface area contributed by atoms with Crippen LogP contribution in [0.1, 0.15) is 16.7 Å². The predicted molar refractivity (Wildman–Crippen MR) is 140 cm³/mol. The molecule has 0 saturated heterocycles. The number of nitrogens with zero attached hydrogens (tertiary/aromatic N) is 5. The number of pyridine rings is 1. The minimum Gasteiger partial charge on any atom is -0.371 e. The summed E-state index contributed by atoms with van der Waals surface area (Å²) in [6, 6.07) is 29.7. The summed E-state index contributed by atoms with van der Waals surface area (Å²) in [4.78, 5) is 12.3. The van der Waals surface area contributed by atoms with Crippen LogP contribution in [0.3, 0.4) is 0 Å². The second kappa shape index (κ2) is 11.6. The minimum atomic E-state index is 0. The molecule has 3 aromatic carbocycles. The van der Waals surface area contributed by atoms with Crippen molar-refractivity contribution in [1.29, 1.82) is 5.26 Å². The Labute approximate surface area is 230 Å². The van der Waals surface area contributed by atoms with E-state index in [1.165, 1.54) is 17.2 Å². The zero-order valence-electron chi connectivity index (χ0n) is 20.1. The number of fused-ring (bicyclic) bond motifs is 3. The zero-order valence-corrected chi connectivity index (χ0v) is 22.5. The first kappa shape index (κ1) is 25.7. The summed E-state index contributed by atoms with van der Waals surface area (Å²) in [5.74, 6) is 1.06. The average molecular weight is 656 g/mol. The van der Waals surface area contributed by atoms with E-state index in [0.29, 0.717) is 16.8 Å². The standard InChI is InChI=1S/C20H12N3.C11H9N2.Ir/c1-14-8-9-23-20(19(14)16-6-4-3-5-7-16)17-10-15(13-21)11-18(12-17)22-2;1-2-4-10-9(3-1)5-7-13-8-6-12-11(10)13;/h3-9,11-12H,1H3;1-3,6,8H,5,7H2;/q2*-1;. The van der Waals surface area contributed by atoms with Crippen molar-refractivity contribution in [3.8, 4) is 39.8 Å². The van der Waals surface area contributed by atoms with Gasteiger partial charge in [0.15, 0.2) is 0 Å². The number of rotatable bonds is 2. The summed E-state index contributed by atoms with van der Waals surface area (Å²) >= 11 is 0. The van der Waals surface area contributed by atoms with E-state index in [2.05, 4.69) is 43.6 Å². The molecule has 181 valence electrons. The van der Waals surface area contributed by atoms with Crippen LogP contribution in [-0.2, 0) is 33.1 Å². The van der Waals surface area contributed by atoms with Gasteiger partial charge in [0.25, 0.3) is 0 Å². The Balaban J connectivity index is 0.000000193. The molecule has 6 rings (SSSR count). The van der Waals surface area contributed by atoms with Gasteiger partial charge in [-0.2, -0.15) is 0 Å². The number of aryl methyl sites for hydroxylation is 3. The van der Waals surface area contributed by atoms with Crippen LogP contribution in [0.25, 0.3) is 38.6 Å². The molecule has 0 bridgehead atoms. The molecule has 1 aliphatic heterocycles. The van der Waals surface area contributed by atoms with Crippen molar-refractivity contribution in [1.82, 2.24) is 14.5 Å². The number of nitriles is 1. The quantitative estimate of drug-likeness (QED) is 0.196. The van der Waals surface area contributed by atoms with Gasteiger partial charge < -0.3 is 4.57 Å². The van der Waals surface area contributed by atoms with Gasteiger partial charge in [-0.25, -0.2) is 5.26 Å². The van der Waals surface area contributed by atoms with Crippen LogP contribution in [0, 0.1) is 37.0 Å². The molecule has 0 unspecified atom stereocenters. The van der Waals surface area contributed by atoms with Crippen molar-refractivity contribution in [3.05, 3.63) is 126 Å². The van der Waals surface area contributed by atoms with E-state index in [9.17, 15) is 0 Å². The Bertz CT molecular complexity index is 1590. The monoisotopic (exact) mass is 656 g/mol. The summed E-state index contributed by atoms with van der Waals surface area (Å²) in [6.45, 7) is 10.3. The number of imidazole rings is 1. The fourth-order valence-electron chi connectivity index (χ4n) is 4.39. The van der Waals surface area contributed by atoms with Crippen molar-refractivity contribution in [2.75, 3.05) is 0 Å². The minimum absolute atomic E-state index is 0. The molecule has 5 aromatic rings. The van der Waals surface area contributed by atoms with Crippen molar-refractivity contribution in [2.45, 2.75) is 19.9 Å². The zero-order chi connectivity index (χ0) is 24.9. The van der Waals surface area contributed by atoms with E-state index in [1.807, 2.05) is 67.8 Å². The second-order valence-electron chi connectivity index (χ2n) is 8.37. The Hall–Kier alpha value is -4.35. The van der Waals surface area contributed by atoms with Gasteiger partial charge in [-0.15, -0.1) is 59.2 Å². The van der Waals surface area contributed by atoms with Gasteiger partial charge in [0.05, 0.1) is 12.4 Å². The van der Waals surface area contributed by atoms with Gasteiger partial charge in [0.1, 0.15) is 5.69 Å². The van der Waals surface area contributed by atoms with E-state index in [-0.39, 0.29) is 20.1 Å². The molecule has 0 aliphatic carbocycles. The van der Waals surface area contributed by atoms with E-state index in [0.717, 1.165) is 41.2 Å². The Kier molecular flexibility index (Phi) is 8.06. The molecular weight excluding hydrogens is 635 g/mol. The summed E-state index contributed by atoms with van der Waals surface area (Å²) in [5, 5.41) is 9.17. The molecule has 0 amide bonds. The van der Waals surface area contributed by atoms with E-state index >= 15 is 0 Å². The maximum absolute atomic E-state index is 9.17. The van der Waals surface area contributed by atoms with E-state index in [4.69, 9.17) is 11.8 Å². The molecule has 2 aromatic heterocycles. The van der Waals surface area contributed by atoms with E-state index < -0.39 is 0 Å². The third-order valence-corrected chi connectivity index (χ3v) is 6.08. The van der Waals surface area contributed by atoms with Gasteiger partial charge in [-0.1, -0.05) is 35.9 Å². The van der Waals surface area contributed by atoms with Gasteiger partial charge in [0, 0.05) is 50.9 Å². The Morgan fingerprint density at radius 1 is 1.05 bits per heavy atom. The fourth-order valence-corrected chi connectivity index (χ4v) is 4.39. The van der Waals surface area contributed by atoms with Crippen molar-refractivity contribution < 1.29 is 20.1 Å². The Morgan fingerprint density at radius 2 is 1.89 bits per heavy atom. The predicted octanol–water partition coefficient (Wildman–Crippen LogP) is 6.85. The topological polar surface area (TPSA) is 58.9 Å². The molecule has 0 N–H and O–H groups in total. The van der Waals surface area contributed by atoms with Gasteiger partial charge in [-0.05, 0) is 42.2 Å². The molecule has 3 heterocycles. The first-order chi connectivity index (χ1) is 17.7. The molecule has 0 spiro atoms. The summed E-state index contributed by atoms with van der Waals surface area (Å²) in [6.07, 6.45) is 6.71. The van der Waals surface area contributed by atoms with E-state index in [1.54, 1.807) is 12.3 Å². The number of hydrogen-bond donors (Lipinski definition) is 0. The molecule has 0 atom stereocenters. The van der Waals surface area contributed by atoms with Crippen LogP contribution < -0.4 is 0 Å². The maximum Gasteiger partial charge on any atom is 0.125 e. The van der Waals surface area contributed by atoms with Gasteiger partial charge in [0.2, 0.25) is 0 Å². The normalized spacial score (nSPS) is 10.9. The fraction of sp³-hybridized carbons (Fsp3) is 0.0968. The molecule has 37 heavy (non-hydrogen) atoms. The van der Waals surface area contributed by atoms with Crippen LogP contribution in [0.15, 0.2) is 85.3 Å². The number of benzene rings is 3. The van der Waals surface area contributed by atoms with Crippen LogP contribution >= 0.6 is 0 Å². The molecule has 1 aliphatic rings. The maximum atomic E-state index is 9.17. The van der Waals surface area contributed by atoms with Crippen molar-refractivity contribution in [2.24, 2.45) is 0 Å². The smallest absolute Gasteiger partial charge is 0.125 e. The molecule has 0 saturated carbocycles. The third-order valence-electron chi connectivity index (χ3n) is 6.08. The average Bonchev–Trinajstić information content (AvgIpc) is 3.43. The number of aromatic nitrogens is 3. The number of hydrogen-bond acceptors (Lipinski definition) is 3. The Morgan fingerprint density at radius 3 is 2.68 bits per heavy atom. The SMILES string of the molecule is [C-]#[N+]c1cc(C#N)[c-]c(-c2nccc(C)c2-c2ccccc2)c1.[Ir].[c-]1cccc2c1-c1nccn1CC2. The molecular formula is C31H21IrN5-2. The van der Waals surface area contributed by atoms with Crippen LogP contribution in [-0.4, -0.2) is 14.5 Å². The summed E-state index contributed by atoms with van der Waals surface area (Å²) in [5.41, 5.74) is 7.81. The van der Waals surface area contributed by atoms with Gasteiger partial charge >= 0.3 is 0 Å². The summed E-state index contributed by atoms with van der Waals surface area (Å²) < 4.78 is 2.18. The second-order valence-corrected chi connectivity index (χ2v) is 8.37. The van der Waals surface area contributed by atoms with Crippen LogP contribution in [0.4, 0.5) is 5.69 Å². The summed E-state index contributed by atoms with van der Waals surface area (Å²) in [7, 11) is 0. The molecule has 6 heteroatoms. The van der Waals surface area contributed by atoms with Crippen LogP contribution in [0.2, 0.25) is 0 Å². The first-order valence-electron chi connectivity index (χ1n) is 11.6. The molecule has 5 nitrogen and oxygen atoms in total. The third kappa shape index (κ3) is 5.42. The van der Waals surface area contributed by atoms with Gasteiger partial charge in [-0.3, -0.25) is 14.8 Å². The largest absolute Gasteiger partial charge is 0.371 e. The van der Waals surface area contributed by atoms with Crippen molar-refractivity contribution in [3.63, 3.8) is 0 Å².